The van der Waals surface area contributed by atoms with Gasteiger partial charge in [-0.25, -0.2) is 0 Å². The van der Waals surface area contributed by atoms with Gasteiger partial charge in [0.05, 0.1) is 8.46 Å². The molecule has 1 atom stereocenters. The first-order valence-corrected chi connectivity index (χ1v) is 2.58. The first-order chi connectivity index (χ1) is 2.41. The van der Waals surface area contributed by atoms with Crippen LogP contribution in [0.5, 0.6) is 0 Å². The first-order valence-electron chi connectivity index (χ1n) is 1.47. The number of rotatable bonds is 2. The summed E-state index contributed by atoms with van der Waals surface area (Å²) in [5.41, 5.74) is 4.95. The van der Waals surface area contributed by atoms with E-state index in [2.05, 4.69) is 0 Å². The maximum Gasteiger partial charge on any atom is 0.0593 e. The van der Waals surface area contributed by atoms with Crippen molar-refractivity contribution in [2.75, 3.05) is 12.7 Å². The molecule has 0 rings (SSSR count). The van der Waals surface area contributed by atoms with E-state index in [0.717, 1.165) is 0 Å². The van der Waals surface area contributed by atoms with Gasteiger partial charge in [-0.05, 0) is 0 Å². The second kappa shape index (κ2) is 4.06. The van der Waals surface area contributed by atoms with Crippen LogP contribution in [0.4, 0.5) is 0 Å². The summed E-state index contributed by atoms with van der Waals surface area (Å²) in [6.45, 7) is 0.544. The maximum absolute atomic E-state index is 9.48. The molecule has 0 aromatic carbocycles. The molecule has 1 radical (unpaired) electrons. The van der Waals surface area contributed by atoms with Gasteiger partial charge >= 0.3 is 0 Å². The van der Waals surface area contributed by atoms with Crippen LogP contribution in [0.25, 0.3) is 0 Å². The normalized spacial score (nSPS) is 9.00. The molecule has 0 saturated carbocycles. The lowest BCUT2D eigenvalue weighted by Gasteiger charge is -1.70. The number of nitrogens with two attached hydrogens (primary N) is 1. The van der Waals surface area contributed by atoms with Crippen molar-refractivity contribution >= 4 is 8.46 Å². The highest BCUT2D eigenvalue weighted by molar-refractivity contribution is 7.23. The third kappa shape index (κ3) is 4.06. The average Bonchev–Trinajstić information content (AvgIpc) is 1.41. The quantitative estimate of drug-likeness (QED) is 0.486. The van der Waals surface area contributed by atoms with Gasteiger partial charge in [-0.1, -0.05) is 0 Å². The largest absolute Gasteiger partial charge is 0.330 e. The second-order valence-electron chi connectivity index (χ2n) is 0.683. The lowest BCUT2D eigenvalue weighted by atomic mass is 10.8. The minimum atomic E-state index is -0.217. The third-order valence-corrected chi connectivity index (χ3v) is 0.739. The van der Waals surface area contributed by atoms with Crippen molar-refractivity contribution in [3.63, 3.8) is 0 Å². The van der Waals surface area contributed by atoms with Crippen LogP contribution in [0.1, 0.15) is 0 Å². The predicted octanol–water partition coefficient (Wildman–Crippen LogP) is -0.0309. The van der Waals surface area contributed by atoms with Crippen LogP contribution in [0.3, 0.4) is 0 Å². The molecule has 0 bridgehead atoms. The fraction of sp³-hybridized carbons (Fsp3) is 1.00. The Labute approximate surface area is 32.6 Å². The highest BCUT2D eigenvalue weighted by Gasteiger charge is 1.65. The van der Waals surface area contributed by atoms with Crippen molar-refractivity contribution in [2.45, 2.75) is 0 Å². The maximum atomic E-state index is 9.48. The molecule has 2 N–H and O–H groups in total. The topological polar surface area (TPSA) is 43.1 Å². The van der Waals surface area contributed by atoms with E-state index >= 15 is 0 Å². The van der Waals surface area contributed by atoms with Gasteiger partial charge in [0.2, 0.25) is 0 Å². The van der Waals surface area contributed by atoms with E-state index in [-0.39, 0.29) is 8.46 Å². The molecule has 0 aromatic heterocycles. The van der Waals surface area contributed by atoms with E-state index in [9.17, 15) is 4.57 Å². The summed E-state index contributed by atoms with van der Waals surface area (Å²) in [7, 11) is -0.217. The van der Waals surface area contributed by atoms with Crippen molar-refractivity contribution in [1.82, 2.24) is 0 Å². The zero-order valence-corrected chi connectivity index (χ0v) is 3.90. The standard InChI is InChI=1S/C2H7NOP/c3-1-2-5-4/h5H,1-3H2. The fourth-order valence-electron chi connectivity index (χ4n) is 0.0589. The third-order valence-electron chi connectivity index (χ3n) is 0.246. The van der Waals surface area contributed by atoms with Crippen LogP contribution in [0, 0.1) is 0 Å². The molecule has 2 nitrogen and oxygen atoms in total. The van der Waals surface area contributed by atoms with Crippen molar-refractivity contribution in [1.29, 1.82) is 0 Å². The van der Waals surface area contributed by atoms with Gasteiger partial charge in [0.25, 0.3) is 0 Å². The smallest absolute Gasteiger partial charge is 0.0593 e. The van der Waals surface area contributed by atoms with Crippen molar-refractivity contribution in [3.8, 4) is 0 Å². The monoisotopic (exact) mass is 92.0 g/mol. The van der Waals surface area contributed by atoms with Crippen molar-refractivity contribution in [2.24, 2.45) is 5.73 Å². The number of hydrogen-bond acceptors (Lipinski definition) is 2. The molecule has 0 fully saturated rings. The zero-order valence-electron chi connectivity index (χ0n) is 2.90. The van der Waals surface area contributed by atoms with E-state index in [0.29, 0.717) is 12.7 Å². The van der Waals surface area contributed by atoms with E-state index in [1.165, 1.54) is 0 Å². The molecule has 0 spiro atoms. The van der Waals surface area contributed by atoms with Gasteiger partial charge in [0.1, 0.15) is 0 Å². The molecule has 31 valence electrons. The van der Waals surface area contributed by atoms with E-state index in [4.69, 9.17) is 5.73 Å². The SMILES string of the molecule is NCC[PH]=O. The highest BCUT2D eigenvalue weighted by Crippen LogP contribution is 1.82. The second-order valence-corrected chi connectivity index (χ2v) is 1.47. The summed E-state index contributed by atoms with van der Waals surface area (Å²) in [6.07, 6.45) is 0.639. The number of hydrogen-bond donors (Lipinski definition) is 1. The lowest BCUT2D eigenvalue weighted by Crippen LogP contribution is -1.97. The summed E-state index contributed by atoms with van der Waals surface area (Å²) < 4.78 is 9.48. The summed E-state index contributed by atoms with van der Waals surface area (Å²) in [4.78, 5) is 0. The van der Waals surface area contributed by atoms with Crippen LogP contribution in [-0.4, -0.2) is 12.7 Å². The van der Waals surface area contributed by atoms with Crippen molar-refractivity contribution < 1.29 is 4.57 Å². The average molecular weight is 92.1 g/mol. The molecule has 0 aliphatic carbocycles. The van der Waals surface area contributed by atoms with E-state index in [1.807, 2.05) is 0 Å². The Balaban J connectivity index is 2.40. The molecule has 0 aliphatic rings. The van der Waals surface area contributed by atoms with Gasteiger partial charge < -0.3 is 5.73 Å². The van der Waals surface area contributed by atoms with Crippen LogP contribution >= 0.6 is 8.46 Å². The van der Waals surface area contributed by atoms with Crippen molar-refractivity contribution in [3.05, 3.63) is 0 Å². The van der Waals surface area contributed by atoms with Crippen LogP contribution in [-0.2, 0) is 4.57 Å². The molecule has 0 aliphatic heterocycles. The molecular weight excluding hydrogens is 85.0 g/mol. The van der Waals surface area contributed by atoms with Crippen LogP contribution in [0.2, 0.25) is 0 Å². The van der Waals surface area contributed by atoms with Gasteiger partial charge in [-0.15, -0.1) is 0 Å². The molecule has 1 unspecified atom stereocenters. The highest BCUT2D eigenvalue weighted by atomic mass is 31.1. The molecule has 3 heteroatoms. The van der Waals surface area contributed by atoms with Crippen LogP contribution < -0.4 is 5.73 Å². The van der Waals surface area contributed by atoms with Gasteiger partial charge in [-0.2, -0.15) is 0 Å². The molecule has 0 saturated heterocycles. The Morgan fingerprint density at radius 3 is 2.40 bits per heavy atom. The molecule has 0 aromatic rings. The van der Waals surface area contributed by atoms with Gasteiger partial charge in [-0.3, -0.25) is 4.57 Å². The summed E-state index contributed by atoms with van der Waals surface area (Å²) in [5, 5.41) is 0. The Bertz CT molecular complexity index is 30.8. The minimum absolute atomic E-state index is 0.217. The predicted molar refractivity (Wildman–Crippen MR) is 22.9 cm³/mol. The molecule has 5 heavy (non-hydrogen) atoms. The zero-order chi connectivity index (χ0) is 4.12. The summed E-state index contributed by atoms with van der Waals surface area (Å²) in [5.74, 6) is 0. The Morgan fingerprint density at radius 2 is 2.40 bits per heavy atom. The first kappa shape index (κ1) is 5.06. The Kier molecular flexibility index (Phi) is 4.11. The lowest BCUT2D eigenvalue weighted by molar-refractivity contribution is 0.598. The van der Waals surface area contributed by atoms with Gasteiger partial charge in [0, 0.05) is 12.7 Å². The summed E-state index contributed by atoms with van der Waals surface area (Å²) in [6, 6.07) is 0. The van der Waals surface area contributed by atoms with E-state index in [1.54, 1.807) is 0 Å². The Morgan fingerprint density at radius 1 is 1.80 bits per heavy atom. The molecule has 0 heterocycles. The van der Waals surface area contributed by atoms with Gasteiger partial charge in [0.15, 0.2) is 0 Å². The summed E-state index contributed by atoms with van der Waals surface area (Å²) >= 11 is 0. The minimum Gasteiger partial charge on any atom is -0.330 e. The fourth-order valence-corrected chi connectivity index (χ4v) is 0.177. The van der Waals surface area contributed by atoms with Crippen LogP contribution in [0.15, 0.2) is 0 Å². The molecular formula is C2H7NOP. The molecule has 0 amide bonds. The van der Waals surface area contributed by atoms with E-state index < -0.39 is 0 Å². The Hall–Kier alpha value is 0.0600.